The maximum absolute atomic E-state index is 2.33. The van der Waals surface area contributed by atoms with Crippen LogP contribution in [0.25, 0.3) is 0 Å². The van der Waals surface area contributed by atoms with Crippen molar-refractivity contribution in [3.05, 3.63) is 0 Å². The molecule has 0 bridgehead atoms. The van der Waals surface area contributed by atoms with E-state index in [0.29, 0.717) is 0 Å². The van der Waals surface area contributed by atoms with Crippen molar-refractivity contribution in [2.45, 2.75) is 79.1 Å². The molecule has 0 amide bonds. The summed E-state index contributed by atoms with van der Waals surface area (Å²) in [6, 6.07) is 0. The zero-order valence-corrected chi connectivity index (χ0v) is 14.7. The van der Waals surface area contributed by atoms with E-state index in [1.165, 1.54) is 82.0 Å². The van der Waals surface area contributed by atoms with Gasteiger partial charge in [0.05, 0.1) is 26.2 Å². The number of hydrogen-bond acceptors (Lipinski definition) is 0. The van der Waals surface area contributed by atoms with E-state index in [0.717, 1.165) is 0 Å². The number of rotatable bonds is 12. The van der Waals surface area contributed by atoms with Gasteiger partial charge in [-0.25, -0.2) is 0 Å². The van der Waals surface area contributed by atoms with E-state index in [1.54, 1.807) is 0 Å². The van der Waals surface area contributed by atoms with Crippen LogP contribution in [0, 0.1) is 0 Å². The molecule has 120 valence electrons. The van der Waals surface area contributed by atoms with Gasteiger partial charge < -0.3 is 9.96 Å². The van der Waals surface area contributed by atoms with Crippen LogP contribution in [0.15, 0.2) is 0 Å². The quantitative estimate of drug-likeness (QED) is 0.471. The fourth-order valence-electron chi connectivity index (χ4n) is 2.64. The van der Waals surface area contributed by atoms with Crippen molar-refractivity contribution in [3.8, 4) is 0 Å². The SMILES string of the molecule is CCCC[N+](CCCC)(CCCC)CCCC.Cl.O. The van der Waals surface area contributed by atoms with Gasteiger partial charge in [0.15, 0.2) is 0 Å². The Kier molecular flexibility index (Phi) is 20.8. The molecule has 0 aliphatic carbocycles. The molecule has 0 atom stereocenters. The standard InChI is InChI=1S/C16H36N.ClH.H2O/c1-5-9-13-17(14-10-6-2,15-11-7-3)16-12-8-4;;/h5-16H2,1-4H3;1H;1H2/q+1;;. The Hall–Kier alpha value is 0.210. The second-order valence-corrected chi connectivity index (χ2v) is 5.65. The third-order valence-corrected chi connectivity index (χ3v) is 3.94. The molecule has 3 heteroatoms. The number of nitrogens with zero attached hydrogens (tertiary/aromatic N) is 1. The van der Waals surface area contributed by atoms with Crippen molar-refractivity contribution in [2.75, 3.05) is 26.2 Å². The van der Waals surface area contributed by atoms with Gasteiger partial charge in [-0.15, -0.1) is 12.4 Å². The Bertz CT molecular complexity index is 127. The first kappa shape index (κ1) is 24.2. The Morgan fingerprint density at radius 1 is 0.526 bits per heavy atom. The van der Waals surface area contributed by atoms with Gasteiger partial charge in [0.2, 0.25) is 0 Å². The molecule has 0 fully saturated rings. The molecule has 19 heavy (non-hydrogen) atoms. The number of hydrogen-bond donors (Lipinski definition) is 0. The third kappa shape index (κ3) is 11.7. The lowest BCUT2D eigenvalue weighted by Crippen LogP contribution is -2.50. The summed E-state index contributed by atoms with van der Waals surface area (Å²) in [7, 11) is 0. The number of halogens is 1. The minimum absolute atomic E-state index is 0. The van der Waals surface area contributed by atoms with Gasteiger partial charge in [0.1, 0.15) is 0 Å². The second kappa shape index (κ2) is 16.3. The Labute approximate surface area is 128 Å². The summed E-state index contributed by atoms with van der Waals surface area (Å²) in [5.41, 5.74) is 0. The van der Waals surface area contributed by atoms with E-state index in [9.17, 15) is 0 Å². The lowest BCUT2D eigenvalue weighted by molar-refractivity contribution is -0.929. The maximum atomic E-state index is 2.33. The molecule has 0 heterocycles. The molecule has 0 aromatic heterocycles. The van der Waals surface area contributed by atoms with Crippen molar-refractivity contribution in [2.24, 2.45) is 0 Å². The highest BCUT2D eigenvalue weighted by atomic mass is 35.5. The molecule has 0 rings (SSSR count). The zero-order valence-electron chi connectivity index (χ0n) is 13.8. The summed E-state index contributed by atoms with van der Waals surface area (Å²) in [6.07, 6.45) is 11.1. The third-order valence-electron chi connectivity index (χ3n) is 3.94. The van der Waals surface area contributed by atoms with Crippen LogP contribution in [0.1, 0.15) is 79.1 Å². The van der Waals surface area contributed by atoms with Gasteiger partial charge >= 0.3 is 0 Å². The van der Waals surface area contributed by atoms with E-state index < -0.39 is 0 Å². The van der Waals surface area contributed by atoms with Crippen LogP contribution in [-0.2, 0) is 0 Å². The molecule has 2 N–H and O–H groups in total. The molecular weight excluding hydrogens is 258 g/mol. The lowest BCUT2D eigenvalue weighted by atomic mass is 10.1. The monoisotopic (exact) mass is 296 g/mol. The van der Waals surface area contributed by atoms with E-state index in [4.69, 9.17) is 0 Å². The minimum Gasteiger partial charge on any atom is -0.412 e. The molecule has 0 aliphatic rings. The summed E-state index contributed by atoms with van der Waals surface area (Å²) < 4.78 is 1.42. The van der Waals surface area contributed by atoms with Crippen LogP contribution in [0.3, 0.4) is 0 Å². The van der Waals surface area contributed by atoms with Crippen molar-refractivity contribution in [3.63, 3.8) is 0 Å². The average molecular weight is 297 g/mol. The Morgan fingerprint density at radius 3 is 0.895 bits per heavy atom. The highest BCUT2D eigenvalue weighted by Crippen LogP contribution is 2.16. The van der Waals surface area contributed by atoms with Crippen LogP contribution in [0.2, 0.25) is 0 Å². The van der Waals surface area contributed by atoms with Crippen LogP contribution in [0.4, 0.5) is 0 Å². The number of quaternary nitrogens is 1. The normalized spacial score (nSPS) is 10.7. The van der Waals surface area contributed by atoms with E-state index in [1.807, 2.05) is 0 Å². The lowest BCUT2D eigenvalue weighted by Gasteiger charge is -2.39. The summed E-state index contributed by atoms with van der Waals surface area (Å²) in [6.45, 7) is 15.0. The van der Waals surface area contributed by atoms with Gasteiger partial charge in [-0.05, 0) is 25.7 Å². The topological polar surface area (TPSA) is 31.5 Å². The summed E-state index contributed by atoms with van der Waals surface area (Å²) in [5.74, 6) is 0. The van der Waals surface area contributed by atoms with Gasteiger partial charge in [0, 0.05) is 0 Å². The average Bonchev–Trinajstić information content (AvgIpc) is 2.37. The molecule has 0 aromatic carbocycles. The first-order valence-corrected chi connectivity index (χ1v) is 8.09. The van der Waals surface area contributed by atoms with Crippen molar-refractivity contribution >= 4 is 12.4 Å². The van der Waals surface area contributed by atoms with Crippen LogP contribution in [0.5, 0.6) is 0 Å². The molecule has 0 spiro atoms. The van der Waals surface area contributed by atoms with Crippen LogP contribution >= 0.6 is 12.4 Å². The molecular formula is C16H39ClNO+. The Balaban J connectivity index is -0.00000128. The fourth-order valence-corrected chi connectivity index (χ4v) is 2.64. The smallest absolute Gasteiger partial charge is 0.0786 e. The van der Waals surface area contributed by atoms with Gasteiger partial charge in [0.25, 0.3) is 0 Å². The van der Waals surface area contributed by atoms with Crippen molar-refractivity contribution in [1.82, 2.24) is 0 Å². The molecule has 0 aliphatic heterocycles. The zero-order chi connectivity index (χ0) is 13.0. The molecule has 0 radical (unpaired) electrons. The largest absolute Gasteiger partial charge is 0.412 e. The fraction of sp³-hybridized carbons (Fsp3) is 1.00. The highest BCUT2D eigenvalue weighted by molar-refractivity contribution is 5.85. The van der Waals surface area contributed by atoms with E-state index in [2.05, 4.69) is 27.7 Å². The first-order valence-electron chi connectivity index (χ1n) is 8.09. The number of unbranched alkanes of at least 4 members (excludes halogenated alkanes) is 4. The van der Waals surface area contributed by atoms with E-state index in [-0.39, 0.29) is 17.9 Å². The second-order valence-electron chi connectivity index (χ2n) is 5.65. The van der Waals surface area contributed by atoms with Crippen LogP contribution in [-0.4, -0.2) is 36.1 Å². The Morgan fingerprint density at radius 2 is 0.737 bits per heavy atom. The molecule has 0 saturated heterocycles. The van der Waals surface area contributed by atoms with Crippen LogP contribution < -0.4 is 0 Å². The molecule has 0 unspecified atom stereocenters. The summed E-state index contributed by atoms with van der Waals surface area (Å²) in [5, 5.41) is 0. The van der Waals surface area contributed by atoms with Gasteiger partial charge in [-0.2, -0.15) is 0 Å². The predicted octanol–water partition coefficient (Wildman–Crippen LogP) is 4.60. The molecule has 0 saturated carbocycles. The minimum atomic E-state index is 0. The molecule has 0 aromatic rings. The summed E-state index contributed by atoms with van der Waals surface area (Å²) in [4.78, 5) is 0. The summed E-state index contributed by atoms with van der Waals surface area (Å²) >= 11 is 0. The van der Waals surface area contributed by atoms with Gasteiger partial charge in [-0.3, -0.25) is 0 Å². The molecule has 2 nitrogen and oxygen atoms in total. The van der Waals surface area contributed by atoms with E-state index >= 15 is 0 Å². The van der Waals surface area contributed by atoms with Crippen molar-refractivity contribution < 1.29 is 9.96 Å². The van der Waals surface area contributed by atoms with Crippen molar-refractivity contribution in [1.29, 1.82) is 0 Å². The maximum Gasteiger partial charge on any atom is 0.0786 e. The highest BCUT2D eigenvalue weighted by Gasteiger charge is 2.24. The first-order chi connectivity index (χ1) is 8.24. The predicted molar refractivity (Wildman–Crippen MR) is 90.2 cm³/mol. The van der Waals surface area contributed by atoms with Gasteiger partial charge in [-0.1, -0.05) is 53.4 Å².